The van der Waals surface area contributed by atoms with Crippen LogP contribution >= 0.6 is 0 Å². The first-order chi connectivity index (χ1) is 8.77. The van der Waals surface area contributed by atoms with E-state index < -0.39 is 5.54 Å². The molecule has 1 fully saturated rings. The highest BCUT2D eigenvalue weighted by Crippen LogP contribution is 2.47. The van der Waals surface area contributed by atoms with Crippen LogP contribution in [0, 0.1) is 0 Å². The summed E-state index contributed by atoms with van der Waals surface area (Å²) in [6.07, 6.45) is 4.55. The molecule has 4 heteroatoms. The molecule has 1 aromatic rings. The SMILES string of the molecule is COCc1c(OC)cccc1C1(N=C=O)CCC1. The molecular formula is C14H17NO3. The molecule has 4 nitrogen and oxygen atoms in total. The van der Waals surface area contributed by atoms with Gasteiger partial charge in [-0.1, -0.05) is 12.1 Å². The zero-order valence-electron chi connectivity index (χ0n) is 10.7. The molecule has 0 amide bonds. The Balaban J connectivity index is 2.51. The average molecular weight is 247 g/mol. The summed E-state index contributed by atoms with van der Waals surface area (Å²) >= 11 is 0. The van der Waals surface area contributed by atoms with Crippen LogP contribution in [0.15, 0.2) is 23.2 Å². The maximum absolute atomic E-state index is 10.7. The fourth-order valence-corrected chi connectivity index (χ4v) is 2.53. The van der Waals surface area contributed by atoms with Crippen LogP contribution in [0.5, 0.6) is 5.75 Å². The van der Waals surface area contributed by atoms with Crippen LogP contribution < -0.4 is 4.74 Å². The van der Waals surface area contributed by atoms with E-state index in [1.54, 1.807) is 20.3 Å². The Morgan fingerprint density at radius 2 is 2.17 bits per heavy atom. The van der Waals surface area contributed by atoms with Crippen molar-refractivity contribution in [2.45, 2.75) is 31.4 Å². The molecule has 0 bridgehead atoms. The van der Waals surface area contributed by atoms with Crippen molar-refractivity contribution in [3.8, 4) is 5.75 Å². The molecule has 1 aliphatic carbocycles. The van der Waals surface area contributed by atoms with E-state index >= 15 is 0 Å². The number of ether oxygens (including phenoxy) is 2. The second kappa shape index (κ2) is 5.34. The Bertz CT molecular complexity index is 474. The highest BCUT2D eigenvalue weighted by Gasteiger charge is 2.40. The molecule has 0 saturated heterocycles. The fraction of sp³-hybridized carbons (Fsp3) is 0.500. The minimum absolute atomic E-state index is 0.413. The number of aliphatic imine (C=N–C) groups is 1. The molecule has 2 rings (SSSR count). The van der Waals surface area contributed by atoms with Crippen molar-refractivity contribution in [3.63, 3.8) is 0 Å². The molecule has 1 aliphatic rings. The summed E-state index contributed by atoms with van der Waals surface area (Å²) in [6, 6.07) is 5.82. The van der Waals surface area contributed by atoms with E-state index in [1.165, 1.54) is 0 Å². The summed E-state index contributed by atoms with van der Waals surface area (Å²) in [5.41, 5.74) is 1.59. The van der Waals surface area contributed by atoms with Crippen molar-refractivity contribution in [3.05, 3.63) is 29.3 Å². The zero-order chi connectivity index (χ0) is 13.0. The molecular weight excluding hydrogens is 230 g/mol. The van der Waals surface area contributed by atoms with Gasteiger partial charge in [0.2, 0.25) is 6.08 Å². The van der Waals surface area contributed by atoms with Gasteiger partial charge in [0, 0.05) is 12.7 Å². The van der Waals surface area contributed by atoms with Crippen molar-refractivity contribution < 1.29 is 14.3 Å². The number of hydrogen-bond acceptors (Lipinski definition) is 4. The third-order valence-electron chi connectivity index (χ3n) is 3.58. The maximum atomic E-state index is 10.7. The van der Waals surface area contributed by atoms with Gasteiger partial charge >= 0.3 is 0 Å². The van der Waals surface area contributed by atoms with E-state index in [4.69, 9.17) is 9.47 Å². The molecule has 96 valence electrons. The lowest BCUT2D eigenvalue weighted by Gasteiger charge is -2.38. The number of hydrogen-bond donors (Lipinski definition) is 0. The van der Waals surface area contributed by atoms with Crippen LogP contribution in [0.1, 0.15) is 30.4 Å². The van der Waals surface area contributed by atoms with Gasteiger partial charge in [-0.05, 0) is 30.9 Å². The molecule has 0 atom stereocenters. The Hall–Kier alpha value is -1.64. The van der Waals surface area contributed by atoms with Crippen LogP contribution in [0.25, 0.3) is 0 Å². The second-order valence-corrected chi connectivity index (χ2v) is 4.51. The predicted octanol–water partition coefficient (Wildman–Crippen LogP) is 2.56. The zero-order valence-corrected chi connectivity index (χ0v) is 10.7. The summed E-state index contributed by atoms with van der Waals surface area (Å²) in [5.74, 6) is 0.779. The van der Waals surface area contributed by atoms with Gasteiger partial charge in [0.25, 0.3) is 0 Å². The Labute approximate surface area is 107 Å². The summed E-state index contributed by atoms with van der Waals surface area (Å²) in [7, 11) is 3.28. The molecule has 0 aromatic heterocycles. The Morgan fingerprint density at radius 1 is 1.39 bits per heavy atom. The van der Waals surface area contributed by atoms with E-state index in [0.717, 1.165) is 36.1 Å². The second-order valence-electron chi connectivity index (χ2n) is 4.51. The lowest BCUT2D eigenvalue weighted by atomic mass is 9.71. The molecule has 0 N–H and O–H groups in total. The van der Waals surface area contributed by atoms with Crippen molar-refractivity contribution in [2.24, 2.45) is 4.99 Å². The van der Waals surface area contributed by atoms with Crippen molar-refractivity contribution in [1.82, 2.24) is 0 Å². The minimum atomic E-state index is -0.413. The summed E-state index contributed by atoms with van der Waals surface area (Å²) < 4.78 is 10.6. The number of isocyanates is 1. The molecule has 0 heterocycles. The number of methoxy groups -OCH3 is 2. The third-order valence-corrected chi connectivity index (χ3v) is 3.58. The van der Waals surface area contributed by atoms with E-state index in [-0.39, 0.29) is 0 Å². The van der Waals surface area contributed by atoms with Gasteiger partial charge in [-0.25, -0.2) is 4.79 Å². The average Bonchev–Trinajstić information content (AvgIpc) is 2.35. The van der Waals surface area contributed by atoms with Crippen LogP contribution in [0.4, 0.5) is 0 Å². The largest absolute Gasteiger partial charge is 0.496 e. The highest BCUT2D eigenvalue weighted by atomic mass is 16.5. The molecule has 18 heavy (non-hydrogen) atoms. The fourth-order valence-electron chi connectivity index (χ4n) is 2.53. The maximum Gasteiger partial charge on any atom is 0.235 e. The molecule has 1 aromatic carbocycles. The van der Waals surface area contributed by atoms with Gasteiger partial charge in [0.1, 0.15) is 5.75 Å². The van der Waals surface area contributed by atoms with E-state index in [1.807, 2.05) is 18.2 Å². The standard InChI is InChI=1S/C14H17NO3/c1-17-9-11-12(5-3-6-13(11)18-2)14(15-10-16)7-4-8-14/h3,5-6H,4,7-9H2,1-2H3. The highest BCUT2D eigenvalue weighted by molar-refractivity contribution is 5.47. The first-order valence-corrected chi connectivity index (χ1v) is 6.02. The lowest BCUT2D eigenvalue weighted by Crippen LogP contribution is -2.33. The van der Waals surface area contributed by atoms with Crippen LogP contribution in [-0.4, -0.2) is 20.3 Å². The van der Waals surface area contributed by atoms with E-state index in [9.17, 15) is 4.79 Å². The summed E-state index contributed by atoms with van der Waals surface area (Å²) in [4.78, 5) is 14.7. The van der Waals surface area contributed by atoms with Crippen molar-refractivity contribution >= 4 is 6.08 Å². The quantitative estimate of drug-likeness (QED) is 0.593. The molecule has 0 radical (unpaired) electrons. The summed E-state index contributed by atoms with van der Waals surface area (Å²) in [6.45, 7) is 0.454. The first kappa shape index (κ1) is 12.8. The molecule has 1 saturated carbocycles. The third kappa shape index (κ3) is 2.05. The Morgan fingerprint density at radius 3 is 2.67 bits per heavy atom. The molecule has 0 spiro atoms. The van der Waals surface area contributed by atoms with Crippen LogP contribution in [0.3, 0.4) is 0 Å². The van der Waals surface area contributed by atoms with Crippen LogP contribution in [0.2, 0.25) is 0 Å². The van der Waals surface area contributed by atoms with Gasteiger partial charge in [0.05, 0.1) is 19.3 Å². The molecule has 0 unspecified atom stereocenters. The normalized spacial score (nSPS) is 16.6. The monoisotopic (exact) mass is 247 g/mol. The first-order valence-electron chi connectivity index (χ1n) is 6.02. The summed E-state index contributed by atoms with van der Waals surface area (Å²) in [5, 5.41) is 0. The van der Waals surface area contributed by atoms with Crippen LogP contribution in [-0.2, 0) is 21.7 Å². The van der Waals surface area contributed by atoms with E-state index in [0.29, 0.717) is 6.61 Å². The smallest absolute Gasteiger partial charge is 0.235 e. The van der Waals surface area contributed by atoms with Gasteiger partial charge < -0.3 is 9.47 Å². The van der Waals surface area contributed by atoms with Crippen molar-refractivity contribution in [1.29, 1.82) is 0 Å². The van der Waals surface area contributed by atoms with Crippen molar-refractivity contribution in [2.75, 3.05) is 14.2 Å². The predicted molar refractivity (Wildman–Crippen MR) is 67.4 cm³/mol. The van der Waals surface area contributed by atoms with Gasteiger partial charge in [-0.15, -0.1) is 0 Å². The number of nitrogens with zero attached hydrogens (tertiary/aromatic N) is 1. The van der Waals surface area contributed by atoms with Gasteiger partial charge in [-0.2, -0.15) is 4.99 Å². The number of rotatable bonds is 5. The Kier molecular flexibility index (Phi) is 3.80. The lowest BCUT2D eigenvalue weighted by molar-refractivity contribution is 0.174. The van der Waals surface area contributed by atoms with Gasteiger partial charge in [-0.3, -0.25) is 0 Å². The number of benzene rings is 1. The topological polar surface area (TPSA) is 47.9 Å². The number of carbonyl (C=O) groups excluding carboxylic acids is 1. The molecule has 0 aliphatic heterocycles. The van der Waals surface area contributed by atoms with Gasteiger partial charge in [0.15, 0.2) is 0 Å². The minimum Gasteiger partial charge on any atom is -0.496 e. The van der Waals surface area contributed by atoms with E-state index in [2.05, 4.69) is 4.99 Å².